The number of rotatable bonds is 9. The van der Waals surface area contributed by atoms with Gasteiger partial charge in [-0.05, 0) is 13.3 Å². The fourth-order valence-electron chi connectivity index (χ4n) is 2.92. The molecule has 0 radical (unpaired) electrons. The van der Waals surface area contributed by atoms with Crippen molar-refractivity contribution in [2.45, 2.75) is 56.2 Å². The summed E-state index contributed by atoms with van der Waals surface area (Å²) in [6.07, 6.45) is -0.797. The molecule has 2 aliphatic heterocycles. The first-order valence-electron chi connectivity index (χ1n) is 9.04. The van der Waals surface area contributed by atoms with Gasteiger partial charge in [0.1, 0.15) is 18.3 Å². The zero-order valence-corrected chi connectivity index (χ0v) is 16.7. The lowest BCUT2D eigenvalue weighted by molar-refractivity contribution is -0.293. The number of terminal acetylenes is 1. The molecule has 0 saturated carbocycles. The summed E-state index contributed by atoms with van der Waals surface area (Å²) in [6, 6.07) is -0.517. The van der Waals surface area contributed by atoms with E-state index in [-0.39, 0.29) is 30.2 Å². The fourth-order valence-corrected chi connectivity index (χ4v) is 3.96. The van der Waals surface area contributed by atoms with E-state index in [1.165, 1.54) is 0 Å². The first kappa shape index (κ1) is 23.8. The Kier molecular flexibility index (Phi) is 8.62. The largest absolute Gasteiger partial charge is 0.393 e. The Morgan fingerprint density at radius 2 is 2.03 bits per heavy atom. The second-order valence-corrected chi connectivity index (χ2v) is 8.01. The molecule has 0 aliphatic carbocycles. The maximum atomic E-state index is 12.2. The monoisotopic (exact) mass is 430 g/mol. The van der Waals surface area contributed by atoms with Crippen LogP contribution in [-0.4, -0.2) is 98.9 Å². The third-order valence-electron chi connectivity index (χ3n) is 4.42. The van der Waals surface area contributed by atoms with Crippen LogP contribution in [0.15, 0.2) is 11.0 Å². The molecular weight excluding hydrogens is 404 g/mol. The lowest BCUT2D eigenvalue weighted by Gasteiger charge is -2.40. The quantitative estimate of drug-likeness (QED) is 0.196. The molecule has 0 aromatic carbocycles. The standard InChI is InChI=1S/C18H26N2O8S/c1-3-4-20-13(22)6-12(17(20)26)29-8-11-14(23)15(24)16(25)18(28-11)27-7-10(19)5-9(2)21/h1,6,9-11,14-16,18,21,23-25H,4-5,7-8,19H2,2H3/t9-,10-,11?,14+,15?,16?,18+/m1/s1. The minimum Gasteiger partial charge on any atom is -0.393 e. The molecule has 7 atom stereocenters. The molecular formula is C18H26N2O8S. The van der Waals surface area contributed by atoms with Crippen molar-refractivity contribution in [1.29, 1.82) is 0 Å². The molecule has 1 fully saturated rings. The predicted octanol–water partition coefficient (Wildman–Crippen LogP) is -2.47. The molecule has 0 aromatic heterocycles. The average molecular weight is 430 g/mol. The summed E-state index contributed by atoms with van der Waals surface area (Å²) in [7, 11) is 0. The Morgan fingerprint density at radius 1 is 1.34 bits per heavy atom. The summed E-state index contributed by atoms with van der Waals surface area (Å²) in [5.41, 5.74) is 5.81. The van der Waals surface area contributed by atoms with Gasteiger partial charge >= 0.3 is 0 Å². The van der Waals surface area contributed by atoms with Crippen molar-refractivity contribution in [1.82, 2.24) is 4.90 Å². The molecule has 0 aromatic rings. The summed E-state index contributed by atoms with van der Waals surface area (Å²) < 4.78 is 11.0. The SMILES string of the molecule is C#CCN1C(=O)C=C(SCC2O[C@H](OC[C@H](N)C[C@@H](C)O)C(O)C(O)[C@H]2O)C1=O. The molecule has 0 spiro atoms. The van der Waals surface area contributed by atoms with Crippen LogP contribution in [0.4, 0.5) is 0 Å². The first-order valence-corrected chi connectivity index (χ1v) is 10.0. The molecule has 29 heavy (non-hydrogen) atoms. The highest BCUT2D eigenvalue weighted by molar-refractivity contribution is 8.04. The van der Waals surface area contributed by atoms with E-state index in [9.17, 15) is 30.0 Å². The highest BCUT2D eigenvalue weighted by Crippen LogP contribution is 2.30. The van der Waals surface area contributed by atoms with Gasteiger partial charge < -0.3 is 35.6 Å². The second-order valence-electron chi connectivity index (χ2n) is 6.95. The van der Waals surface area contributed by atoms with Crippen LogP contribution in [0.3, 0.4) is 0 Å². The van der Waals surface area contributed by atoms with Gasteiger partial charge in [-0.2, -0.15) is 0 Å². The van der Waals surface area contributed by atoms with Crippen LogP contribution in [-0.2, 0) is 19.1 Å². The third-order valence-corrected chi connectivity index (χ3v) is 5.51. The first-order chi connectivity index (χ1) is 13.6. The van der Waals surface area contributed by atoms with E-state index in [0.717, 1.165) is 22.7 Å². The van der Waals surface area contributed by atoms with Gasteiger partial charge in [0.05, 0.1) is 30.3 Å². The van der Waals surface area contributed by atoms with E-state index >= 15 is 0 Å². The molecule has 2 amide bonds. The molecule has 2 heterocycles. The van der Waals surface area contributed by atoms with Crippen LogP contribution in [0, 0.1) is 12.3 Å². The number of thioether (sulfide) groups is 1. The maximum Gasteiger partial charge on any atom is 0.268 e. The molecule has 11 heteroatoms. The van der Waals surface area contributed by atoms with Crippen LogP contribution in [0.25, 0.3) is 0 Å². The zero-order valence-electron chi connectivity index (χ0n) is 15.9. The minimum atomic E-state index is -1.54. The van der Waals surface area contributed by atoms with E-state index in [1.807, 2.05) is 0 Å². The molecule has 2 aliphatic rings. The van der Waals surface area contributed by atoms with Crippen LogP contribution in [0.2, 0.25) is 0 Å². The maximum absolute atomic E-state index is 12.2. The van der Waals surface area contributed by atoms with Crippen molar-refractivity contribution in [3.63, 3.8) is 0 Å². The van der Waals surface area contributed by atoms with E-state index in [0.29, 0.717) is 0 Å². The predicted molar refractivity (Wildman–Crippen MR) is 103 cm³/mol. The third kappa shape index (κ3) is 6.00. The summed E-state index contributed by atoms with van der Waals surface area (Å²) in [4.78, 5) is 25.0. The lowest BCUT2D eigenvalue weighted by atomic mass is 10.00. The highest BCUT2D eigenvalue weighted by Gasteiger charge is 2.45. The van der Waals surface area contributed by atoms with E-state index in [2.05, 4.69) is 5.92 Å². The number of hydrogen-bond donors (Lipinski definition) is 5. The summed E-state index contributed by atoms with van der Waals surface area (Å²) in [5, 5.41) is 39.7. The molecule has 10 nitrogen and oxygen atoms in total. The smallest absolute Gasteiger partial charge is 0.268 e. The average Bonchev–Trinajstić information content (AvgIpc) is 2.92. The van der Waals surface area contributed by atoms with Crippen molar-refractivity contribution in [3.8, 4) is 12.3 Å². The molecule has 0 bridgehead atoms. The Labute approximate surface area is 172 Å². The molecule has 3 unspecified atom stereocenters. The van der Waals surface area contributed by atoms with Gasteiger partial charge in [-0.25, -0.2) is 0 Å². The number of aliphatic hydroxyl groups is 4. The number of amides is 2. The van der Waals surface area contributed by atoms with Crippen LogP contribution in [0.5, 0.6) is 0 Å². The van der Waals surface area contributed by atoms with Gasteiger partial charge in [-0.15, -0.1) is 18.2 Å². The molecule has 6 N–H and O–H groups in total. The van der Waals surface area contributed by atoms with Crippen molar-refractivity contribution in [2.24, 2.45) is 5.73 Å². The lowest BCUT2D eigenvalue weighted by Crippen LogP contribution is -2.59. The number of carbonyl (C=O) groups is 2. The van der Waals surface area contributed by atoms with Gasteiger partial charge in [-0.3, -0.25) is 14.5 Å². The Bertz CT molecular complexity index is 679. The van der Waals surface area contributed by atoms with Crippen LogP contribution in [0.1, 0.15) is 13.3 Å². The summed E-state index contributed by atoms with van der Waals surface area (Å²) in [5.74, 6) is 1.18. The normalized spacial score (nSPS) is 32.1. The number of ether oxygens (including phenoxy) is 2. The number of nitrogens with two attached hydrogens (primary N) is 1. The van der Waals surface area contributed by atoms with Gasteiger partial charge in [0, 0.05) is 17.9 Å². The topological polar surface area (TPSA) is 163 Å². The van der Waals surface area contributed by atoms with Gasteiger partial charge in [0.25, 0.3) is 11.8 Å². The van der Waals surface area contributed by atoms with Crippen LogP contribution < -0.4 is 5.73 Å². The highest BCUT2D eigenvalue weighted by atomic mass is 32.2. The second kappa shape index (κ2) is 10.5. The Hall–Kier alpha value is -1.49. The van der Waals surface area contributed by atoms with Crippen molar-refractivity contribution < 1.29 is 39.5 Å². The number of aliphatic hydroxyl groups excluding tert-OH is 4. The Balaban J connectivity index is 1.94. The summed E-state index contributed by atoms with van der Waals surface area (Å²) in [6.45, 7) is 1.39. The Morgan fingerprint density at radius 3 is 2.66 bits per heavy atom. The number of imide groups is 1. The minimum absolute atomic E-state index is 0.0132. The van der Waals surface area contributed by atoms with Crippen molar-refractivity contribution >= 4 is 23.6 Å². The van der Waals surface area contributed by atoms with E-state index < -0.39 is 54.7 Å². The van der Waals surface area contributed by atoms with Crippen molar-refractivity contribution in [2.75, 3.05) is 18.9 Å². The number of nitrogens with zero attached hydrogens (tertiary/aromatic N) is 1. The zero-order chi connectivity index (χ0) is 21.7. The van der Waals surface area contributed by atoms with E-state index in [1.54, 1.807) is 6.92 Å². The van der Waals surface area contributed by atoms with Crippen LogP contribution >= 0.6 is 11.8 Å². The van der Waals surface area contributed by atoms with Gasteiger partial charge in [0.15, 0.2) is 6.29 Å². The van der Waals surface area contributed by atoms with Gasteiger partial charge in [-0.1, -0.05) is 5.92 Å². The molecule has 1 saturated heterocycles. The van der Waals surface area contributed by atoms with Gasteiger partial charge in [0.2, 0.25) is 0 Å². The molecule has 2 rings (SSSR count). The molecule has 162 valence electrons. The van der Waals surface area contributed by atoms with Crippen molar-refractivity contribution in [3.05, 3.63) is 11.0 Å². The number of carbonyl (C=O) groups excluding carboxylic acids is 2. The number of hydrogen-bond acceptors (Lipinski definition) is 10. The van der Waals surface area contributed by atoms with E-state index in [4.69, 9.17) is 21.6 Å². The summed E-state index contributed by atoms with van der Waals surface area (Å²) >= 11 is 0.963. The fraction of sp³-hybridized carbons (Fsp3) is 0.667.